The smallest absolute Gasteiger partial charge is 0.147 e. The molecule has 4 heteroatoms. The van der Waals surface area contributed by atoms with Gasteiger partial charge in [-0.1, -0.05) is 7.43 Å². The van der Waals surface area contributed by atoms with Crippen LogP contribution >= 0.6 is 31.9 Å². The van der Waals surface area contributed by atoms with E-state index in [4.69, 9.17) is 9.47 Å². The van der Waals surface area contributed by atoms with E-state index in [1.807, 2.05) is 19.1 Å². The summed E-state index contributed by atoms with van der Waals surface area (Å²) < 4.78 is 12.7. The van der Waals surface area contributed by atoms with Crippen LogP contribution in [0.25, 0.3) is 0 Å². The summed E-state index contributed by atoms with van der Waals surface area (Å²) in [4.78, 5) is 0. The van der Waals surface area contributed by atoms with Gasteiger partial charge in [-0.2, -0.15) is 0 Å². The van der Waals surface area contributed by atoms with Gasteiger partial charge in [-0.15, -0.1) is 0 Å². The van der Waals surface area contributed by atoms with Crippen LogP contribution in [0.1, 0.15) is 13.0 Å². The normalized spacial score (nSPS) is 18.2. The molecule has 2 nitrogen and oxygen atoms in total. The molecule has 1 aliphatic rings. The van der Waals surface area contributed by atoms with Gasteiger partial charge in [0.1, 0.15) is 18.5 Å². The molecule has 1 aromatic carbocycles. The fourth-order valence-electron chi connectivity index (χ4n) is 1.17. The lowest BCUT2D eigenvalue weighted by atomic mass is 10.2. The molecule has 0 N–H and O–H groups in total. The quantitative estimate of drug-likeness (QED) is 0.779. The molecule has 0 radical (unpaired) electrons. The van der Waals surface area contributed by atoms with Crippen molar-refractivity contribution in [3.8, 4) is 5.75 Å². The number of benzene rings is 1. The Labute approximate surface area is 107 Å². The van der Waals surface area contributed by atoms with Gasteiger partial charge in [0.15, 0.2) is 0 Å². The SMILES string of the molecule is C.Cc1cc(Br)c(OCC2CO2)c(Br)c1. The zero-order valence-corrected chi connectivity index (χ0v) is 10.9. The third kappa shape index (κ3) is 3.47. The van der Waals surface area contributed by atoms with Crippen LogP contribution in [0.4, 0.5) is 0 Å². The van der Waals surface area contributed by atoms with Crippen molar-refractivity contribution in [2.45, 2.75) is 20.5 Å². The van der Waals surface area contributed by atoms with Crippen molar-refractivity contribution in [3.05, 3.63) is 26.6 Å². The molecule has 2 rings (SSSR count). The molecule has 1 aliphatic heterocycles. The lowest BCUT2D eigenvalue weighted by Crippen LogP contribution is -2.05. The summed E-state index contributed by atoms with van der Waals surface area (Å²) in [5.41, 5.74) is 1.19. The molecular weight excluding hydrogens is 324 g/mol. The van der Waals surface area contributed by atoms with Crippen molar-refractivity contribution in [2.24, 2.45) is 0 Å². The van der Waals surface area contributed by atoms with Crippen LogP contribution in [-0.4, -0.2) is 19.3 Å². The Kier molecular flexibility index (Phi) is 4.62. The largest absolute Gasteiger partial charge is 0.488 e. The van der Waals surface area contributed by atoms with E-state index in [0.29, 0.717) is 6.61 Å². The second-order valence-corrected chi connectivity index (χ2v) is 5.03. The van der Waals surface area contributed by atoms with Gasteiger partial charge in [0.05, 0.1) is 15.6 Å². The average Bonchev–Trinajstić information content (AvgIpc) is 2.85. The topological polar surface area (TPSA) is 21.8 Å². The summed E-state index contributed by atoms with van der Waals surface area (Å²) >= 11 is 6.95. The lowest BCUT2D eigenvalue weighted by molar-refractivity contribution is 0.260. The van der Waals surface area contributed by atoms with Gasteiger partial charge in [0.2, 0.25) is 0 Å². The minimum Gasteiger partial charge on any atom is -0.488 e. The van der Waals surface area contributed by atoms with Crippen LogP contribution in [0, 0.1) is 6.92 Å². The molecule has 0 amide bonds. The van der Waals surface area contributed by atoms with E-state index in [-0.39, 0.29) is 13.5 Å². The Morgan fingerprint density at radius 2 is 1.93 bits per heavy atom. The van der Waals surface area contributed by atoms with Gasteiger partial charge in [-0.25, -0.2) is 0 Å². The molecule has 0 spiro atoms. The molecule has 15 heavy (non-hydrogen) atoms. The molecule has 1 saturated heterocycles. The van der Waals surface area contributed by atoms with Crippen molar-refractivity contribution in [1.29, 1.82) is 0 Å². The van der Waals surface area contributed by atoms with E-state index in [1.54, 1.807) is 0 Å². The summed E-state index contributed by atoms with van der Waals surface area (Å²) in [6, 6.07) is 4.07. The monoisotopic (exact) mass is 336 g/mol. The first-order valence-electron chi connectivity index (χ1n) is 4.37. The van der Waals surface area contributed by atoms with Gasteiger partial charge in [-0.05, 0) is 56.5 Å². The van der Waals surface area contributed by atoms with Crippen LogP contribution in [-0.2, 0) is 4.74 Å². The molecule has 1 atom stereocenters. The second-order valence-electron chi connectivity index (χ2n) is 3.32. The maximum atomic E-state index is 5.63. The average molecular weight is 338 g/mol. The molecule has 1 fully saturated rings. The fraction of sp³-hybridized carbons (Fsp3) is 0.455. The molecule has 0 aliphatic carbocycles. The van der Waals surface area contributed by atoms with Gasteiger partial charge in [-0.3, -0.25) is 0 Å². The maximum Gasteiger partial charge on any atom is 0.147 e. The highest BCUT2D eigenvalue weighted by Crippen LogP contribution is 2.35. The van der Waals surface area contributed by atoms with Crippen LogP contribution in [0.5, 0.6) is 5.75 Å². The number of ether oxygens (including phenoxy) is 2. The van der Waals surface area contributed by atoms with E-state index < -0.39 is 0 Å². The van der Waals surface area contributed by atoms with E-state index in [9.17, 15) is 0 Å². The van der Waals surface area contributed by atoms with Crippen LogP contribution in [0.3, 0.4) is 0 Å². The van der Waals surface area contributed by atoms with Gasteiger partial charge < -0.3 is 9.47 Å². The third-order valence-corrected chi connectivity index (χ3v) is 3.14. The molecule has 0 bridgehead atoms. The molecule has 84 valence electrons. The van der Waals surface area contributed by atoms with Crippen molar-refractivity contribution >= 4 is 31.9 Å². The summed E-state index contributed by atoms with van der Waals surface area (Å²) in [5, 5.41) is 0. The highest BCUT2D eigenvalue weighted by atomic mass is 79.9. The summed E-state index contributed by atoms with van der Waals surface area (Å²) in [6.07, 6.45) is 0.287. The first-order chi connectivity index (χ1) is 6.66. The van der Waals surface area contributed by atoms with Gasteiger partial charge in [0.25, 0.3) is 0 Å². The predicted molar refractivity (Wildman–Crippen MR) is 68.5 cm³/mol. The Balaban J connectivity index is 0.00000112. The van der Waals surface area contributed by atoms with Crippen LogP contribution in [0.15, 0.2) is 21.1 Å². The molecular formula is C11H14Br2O2. The first-order valence-corrected chi connectivity index (χ1v) is 5.95. The number of aryl methyl sites for hydroxylation is 1. The van der Waals surface area contributed by atoms with E-state index in [0.717, 1.165) is 21.3 Å². The Morgan fingerprint density at radius 1 is 1.40 bits per heavy atom. The Morgan fingerprint density at radius 3 is 2.40 bits per heavy atom. The van der Waals surface area contributed by atoms with E-state index in [2.05, 4.69) is 31.9 Å². The number of epoxide rings is 1. The van der Waals surface area contributed by atoms with Crippen molar-refractivity contribution in [3.63, 3.8) is 0 Å². The van der Waals surface area contributed by atoms with Gasteiger partial charge >= 0.3 is 0 Å². The van der Waals surface area contributed by atoms with E-state index >= 15 is 0 Å². The number of hydrogen-bond donors (Lipinski definition) is 0. The fourth-order valence-corrected chi connectivity index (χ4v) is 2.81. The summed E-state index contributed by atoms with van der Waals surface area (Å²) in [7, 11) is 0. The Hall–Kier alpha value is -0.0600. The minimum atomic E-state index is 0. The Bertz CT molecular complexity index is 325. The molecule has 1 aromatic rings. The van der Waals surface area contributed by atoms with Gasteiger partial charge in [0, 0.05) is 0 Å². The zero-order chi connectivity index (χ0) is 10.1. The van der Waals surface area contributed by atoms with E-state index in [1.165, 1.54) is 5.56 Å². The number of halogens is 2. The highest BCUT2D eigenvalue weighted by molar-refractivity contribution is 9.11. The number of hydrogen-bond acceptors (Lipinski definition) is 2. The summed E-state index contributed by atoms with van der Waals surface area (Å²) in [5.74, 6) is 0.853. The minimum absolute atomic E-state index is 0. The van der Waals surface area contributed by atoms with Crippen LogP contribution in [0.2, 0.25) is 0 Å². The van der Waals surface area contributed by atoms with Crippen molar-refractivity contribution < 1.29 is 9.47 Å². The summed E-state index contributed by atoms with van der Waals surface area (Å²) in [6.45, 7) is 3.49. The third-order valence-electron chi connectivity index (χ3n) is 1.96. The lowest BCUT2D eigenvalue weighted by Gasteiger charge is -2.09. The van der Waals surface area contributed by atoms with Crippen molar-refractivity contribution in [2.75, 3.05) is 13.2 Å². The standard InChI is InChI=1S/C10H10Br2O2.CH4/c1-6-2-8(11)10(9(12)3-6)14-5-7-4-13-7;/h2-3,7H,4-5H2,1H3;1H4. The molecule has 0 saturated carbocycles. The number of rotatable bonds is 3. The molecule has 0 aromatic heterocycles. The van der Waals surface area contributed by atoms with Crippen LogP contribution < -0.4 is 4.74 Å². The molecule has 1 heterocycles. The maximum absolute atomic E-state index is 5.63. The van der Waals surface area contributed by atoms with Crippen molar-refractivity contribution in [1.82, 2.24) is 0 Å². The highest BCUT2D eigenvalue weighted by Gasteiger charge is 2.23. The first kappa shape index (κ1) is 13.0. The second kappa shape index (κ2) is 5.32. The predicted octanol–water partition coefficient (Wildman–Crippen LogP) is 3.93. The molecule has 1 unspecified atom stereocenters. The zero-order valence-electron chi connectivity index (χ0n) is 7.72.